The number of para-hydroxylation sites is 1. The maximum absolute atomic E-state index is 8.87. The summed E-state index contributed by atoms with van der Waals surface area (Å²) in [6.45, 7) is 0.697. The van der Waals surface area contributed by atoms with Crippen molar-refractivity contribution >= 4 is 17.3 Å². The molecule has 0 fully saturated rings. The number of halogens is 1. The van der Waals surface area contributed by atoms with Crippen molar-refractivity contribution in [3.05, 3.63) is 41.4 Å². The minimum atomic E-state index is 0.679. The molecule has 0 N–H and O–H groups in total. The van der Waals surface area contributed by atoms with Gasteiger partial charge in [0.2, 0.25) is 0 Å². The number of hydrogen-bond donors (Lipinski definition) is 0. The molecule has 0 aromatic heterocycles. The van der Waals surface area contributed by atoms with E-state index in [1.54, 1.807) is 6.07 Å². The summed E-state index contributed by atoms with van der Waals surface area (Å²) in [6, 6.07) is 9.64. The van der Waals surface area contributed by atoms with E-state index in [4.69, 9.17) is 16.9 Å². The summed E-state index contributed by atoms with van der Waals surface area (Å²) >= 11 is 5.43. The van der Waals surface area contributed by atoms with E-state index in [0.717, 1.165) is 5.69 Å². The molecule has 14 heavy (non-hydrogen) atoms. The summed E-state index contributed by atoms with van der Waals surface area (Å²) < 4.78 is 0. The van der Waals surface area contributed by atoms with Crippen LogP contribution in [0.15, 0.2) is 35.9 Å². The standard InChI is InChI=1S/C11H11ClN2/c1-14(8-4-7-12)11-6-3-2-5-10(11)9-13/h2-7H,8H2,1H3/b7-4+. The van der Waals surface area contributed by atoms with E-state index in [0.29, 0.717) is 12.1 Å². The van der Waals surface area contributed by atoms with Crippen molar-refractivity contribution in [3.8, 4) is 6.07 Å². The monoisotopic (exact) mass is 206 g/mol. The van der Waals surface area contributed by atoms with Gasteiger partial charge in [-0.3, -0.25) is 0 Å². The Morgan fingerprint density at radius 3 is 2.86 bits per heavy atom. The fraction of sp³-hybridized carbons (Fsp3) is 0.182. The van der Waals surface area contributed by atoms with Crippen LogP contribution in [0.5, 0.6) is 0 Å². The molecule has 3 heteroatoms. The highest BCUT2D eigenvalue weighted by molar-refractivity contribution is 6.25. The summed E-state index contributed by atoms with van der Waals surface area (Å²) in [4.78, 5) is 1.97. The van der Waals surface area contributed by atoms with Gasteiger partial charge in [0, 0.05) is 19.1 Å². The first kappa shape index (κ1) is 10.6. The predicted octanol–water partition coefficient (Wildman–Crippen LogP) is 2.75. The Bertz CT molecular complexity index is 366. The highest BCUT2D eigenvalue weighted by Crippen LogP contribution is 2.17. The van der Waals surface area contributed by atoms with E-state index in [1.807, 2.05) is 36.2 Å². The molecule has 0 amide bonds. The molecule has 0 saturated carbocycles. The van der Waals surface area contributed by atoms with E-state index in [-0.39, 0.29) is 0 Å². The smallest absolute Gasteiger partial charge is 0.101 e. The Kier molecular flexibility index (Phi) is 4.03. The molecular formula is C11H11ClN2. The third kappa shape index (κ3) is 2.51. The molecule has 1 aromatic rings. The highest BCUT2D eigenvalue weighted by atomic mass is 35.5. The van der Waals surface area contributed by atoms with Crippen molar-refractivity contribution in [3.63, 3.8) is 0 Å². The number of nitriles is 1. The molecule has 2 nitrogen and oxygen atoms in total. The van der Waals surface area contributed by atoms with Gasteiger partial charge in [-0.15, -0.1) is 0 Å². The van der Waals surface area contributed by atoms with Crippen molar-refractivity contribution in [2.45, 2.75) is 0 Å². The fourth-order valence-corrected chi connectivity index (χ4v) is 1.28. The maximum atomic E-state index is 8.87. The van der Waals surface area contributed by atoms with Crippen LogP contribution in [-0.4, -0.2) is 13.6 Å². The Morgan fingerprint density at radius 2 is 2.21 bits per heavy atom. The van der Waals surface area contributed by atoms with Gasteiger partial charge < -0.3 is 4.90 Å². The zero-order valence-electron chi connectivity index (χ0n) is 7.94. The SMILES string of the molecule is CN(C/C=C/Cl)c1ccccc1C#N. The van der Waals surface area contributed by atoms with Crippen molar-refractivity contribution < 1.29 is 0 Å². The van der Waals surface area contributed by atoms with Gasteiger partial charge in [0.15, 0.2) is 0 Å². The van der Waals surface area contributed by atoms with E-state index < -0.39 is 0 Å². The number of benzene rings is 1. The molecule has 0 aliphatic carbocycles. The molecule has 0 atom stereocenters. The molecule has 72 valence electrons. The first-order valence-corrected chi connectivity index (χ1v) is 4.68. The van der Waals surface area contributed by atoms with Gasteiger partial charge in [0.05, 0.1) is 11.3 Å². The summed E-state index contributed by atoms with van der Waals surface area (Å²) in [5.41, 5.74) is 3.08. The second-order valence-corrected chi connectivity index (χ2v) is 3.12. The zero-order chi connectivity index (χ0) is 10.4. The third-order valence-corrected chi connectivity index (χ3v) is 2.08. The summed E-state index contributed by atoms with van der Waals surface area (Å²) in [5.74, 6) is 0. The average molecular weight is 207 g/mol. The Balaban J connectivity index is 2.89. The molecule has 0 saturated heterocycles. The van der Waals surface area contributed by atoms with Crippen LogP contribution in [0.1, 0.15) is 5.56 Å². The minimum absolute atomic E-state index is 0.679. The highest BCUT2D eigenvalue weighted by Gasteiger charge is 2.03. The molecule has 1 aromatic carbocycles. The first-order chi connectivity index (χ1) is 6.79. The molecule has 0 radical (unpaired) electrons. The largest absolute Gasteiger partial charge is 0.370 e. The van der Waals surface area contributed by atoms with Crippen LogP contribution in [0.3, 0.4) is 0 Å². The summed E-state index contributed by atoms with van der Waals surface area (Å²) in [7, 11) is 1.92. The molecule has 0 heterocycles. The predicted molar refractivity (Wildman–Crippen MR) is 59.4 cm³/mol. The zero-order valence-corrected chi connectivity index (χ0v) is 8.70. The van der Waals surface area contributed by atoms with Crippen LogP contribution in [0.25, 0.3) is 0 Å². The Hall–Kier alpha value is -1.46. The van der Waals surface area contributed by atoms with Gasteiger partial charge in [-0.1, -0.05) is 29.8 Å². The first-order valence-electron chi connectivity index (χ1n) is 4.25. The fourth-order valence-electron chi connectivity index (χ4n) is 1.20. The van der Waals surface area contributed by atoms with Gasteiger partial charge in [-0.25, -0.2) is 0 Å². The molecule has 1 rings (SSSR count). The van der Waals surface area contributed by atoms with Crippen LogP contribution in [-0.2, 0) is 0 Å². The third-order valence-electron chi connectivity index (χ3n) is 1.90. The van der Waals surface area contributed by atoms with Crippen molar-refractivity contribution in [1.82, 2.24) is 0 Å². The van der Waals surface area contributed by atoms with Crippen LogP contribution < -0.4 is 4.90 Å². The number of hydrogen-bond acceptors (Lipinski definition) is 2. The lowest BCUT2D eigenvalue weighted by atomic mass is 10.2. The summed E-state index contributed by atoms with van der Waals surface area (Å²) in [5, 5.41) is 8.87. The van der Waals surface area contributed by atoms with Crippen LogP contribution >= 0.6 is 11.6 Å². The molecule has 0 unspecified atom stereocenters. The molecule has 0 aliphatic rings. The molecule has 0 aliphatic heterocycles. The van der Waals surface area contributed by atoms with Crippen molar-refractivity contribution in [2.24, 2.45) is 0 Å². The maximum Gasteiger partial charge on any atom is 0.101 e. The summed E-state index contributed by atoms with van der Waals surface area (Å²) in [6.07, 6.45) is 1.83. The number of rotatable bonds is 3. The van der Waals surface area contributed by atoms with Crippen LogP contribution in [0.2, 0.25) is 0 Å². The van der Waals surface area contributed by atoms with Gasteiger partial charge in [0.1, 0.15) is 6.07 Å². The van der Waals surface area contributed by atoms with E-state index in [2.05, 4.69) is 6.07 Å². The van der Waals surface area contributed by atoms with Gasteiger partial charge in [0.25, 0.3) is 0 Å². The second kappa shape index (κ2) is 5.31. The van der Waals surface area contributed by atoms with Crippen LogP contribution in [0, 0.1) is 11.3 Å². The van der Waals surface area contributed by atoms with Crippen LogP contribution in [0.4, 0.5) is 5.69 Å². The van der Waals surface area contributed by atoms with Crippen molar-refractivity contribution in [1.29, 1.82) is 5.26 Å². The van der Waals surface area contributed by atoms with Gasteiger partial charge in [-0.2, -0.15) is 5.26 Å². The lowest BCUT2D eigenvalue weighted by Crippen LogP contribution is -2.17. The Morgan fingerprint density at radius 1 is 1.50 bits per heavy atom. The van der Waals surface area contributed by atoms with E-state index in [1.165, 1.54) is 5.54 Å². The lowest BCUT2D eigenvalue weighted by molar-refractivity contribution is 1.03. The van der Waals surface area contributed by atoms with E-state index in [9.17, 15) is 0 Å². The molecule has 0 spiro atoms. The topological polar surface area (TPSA) is 27.0 Å². The quantitative estimate of drug-likeness (QED) is 0.761. The second-order valence-electron chi connectivity index (χ2n) is 2.87. The Labute approximate surface area is 89.0 Å². The minimum Gasteiger partial charge on any atom is -0.370 e. The average Bonchev–Trinajstić information content (AvgIpc) is 2.25. The molecular weight excluding hydrogens is 196 g/mol. The lowest BCUT2D eigenvalue weighted by Gasteiger charge is -2.17. The van der Waals surface area contributed by atoms with Crippen molar-refractivity contribution in [2.75, 3.05) is 18.5 Å². The number of anilines is 1. The molecule has 0 bridgehead atoms. The normalized spacial score (nSPS) is 10.1. The van der Waals surface area contributed by atoms with Gasteiger partial charge in [-0.05, 0) is 12.1 Å². The van der Waals surface area contributed by atoms with E-state index >= 15 is 0 Å². The van der Waals surface area contributed by atoms with Gasteiger partial charge >= 0.3 is 0 Å². The number of nitrogens with zero attached hydrogens (tertiary/aromatic N) is 2. The number of likely N-dealkylation sites (N-methyl/N-ethyl adjacent to an activating group) is 1.